The van der Waals surface area contributed by atoms with Gasteiger partial charge in [-0.1, -0.05) is 61.9 Å². The number of unbranched alkanes of at least 4 members (excludes halogenated alkanes) is 1. The predicted molar refractivity (Wildman–Crippen MR) is 127 cm³/mol. The summed E-state index contributed by atoms with van der Waals surface area (Å²) in [5.74, 6) is -0.414. The van der Waals surface area contributed by atoms with Gasteiger partial charge < -0.3 is 9.47 Å². The van der Waals surface area contributed by atoms with Crippen LogP contribution >= 0.6 is 0 Å². The number of aryl methyl sites for hydroxylation is 2. The average Bonchev–Trinajstić information content (AvgIpc) is 3.13. The number of nitrogens with one attached hydrogen (secondary N) is 1. The molecule has 0 spiro atoms. The minimum Gasteiger partial charge on any atom is -0.347 e. The van der Waals surface area contributed by atoms with Gasteiger partial charge in [0.05, 0.1) is 0 Å². The molecule has 3 aromatic rings. The molecule has 0 atom stereocenters. The molecule has 0 saturated heterocycles. The van der Waals surface area contributed by atoms with Crippen LogP contribution in [0.5, 0.6) is 0 Å². The molecule has 5 heteroatoms. The highest BCUT2D eigenvalue weighted by molar-refractivity contribution is 5.86. The van der Waals surface area contributed by atoms with Gasteiger partial charge in [-0.05, 0) is 55.3 Å². The summed E-state index contributed by atoms with van der Waals surface area (Å²) in [6, 6.07) is 17.0. The highest BCUT2D eigenvalue weighted by Gasteiger charge is 2.11. The molecule has 0 unspecified atom stereocenters. The summed E-state index contributed by atoms with van der Waals surface area (Å²) in [6.07, 6.45) is 9.53. The number of benzene rings is 2. The molecule has 1 aromatic heterocycles. The summed E-state index contributed by atoms with van der Waals surface area (Å²) in [5, 5.41) is 9.90. The first-order chi connectivity index (χ1) is 15.1. The van der Waals surface area contributed by atoms with Crippen molar-refractivity contribution in [1.82, 2.24) is 14.9 Å². The molecule has 164 valence electrons. The maximum absolute atomic E-state index is 11.2. The number of hydrogen-bond acceptors (Lipinski definition) is 3. The van der Waals surface area contributed by atoms with Crippen LogP contribution in [0.3, 0.4) is 0 Å². The Balaban J connectivity index is 1.85. The number of hydroxylamine groups is 1. The van der Waals surface area contributed by atoms with Crippen molar-refractivity contribution in [2.75, 3.05) is 13.6 Å². The first-order valence-corrected chi connectivity index (χ1v) is 11.0. The minimum absolute atomic E-state index is 0.152. The normalized spacial score (nSPS) is 11.6. The molecule has 0 radical (unpaired) electrons. The van der Waals surface area contributed by atoms with Gasteiger partial charge in [-0.3, -0.25) is 10.0 Å². The van der Waals surface area contributed by atoms with Crippen molar-refractivity contribution >= 4 is 22.9 Å². The summed E-state index contributed by atoms with van der Waals surface area (Å²) in [7, 11) is 2.18. The fourth-order valence-corrected chi connectivity index (χ4v) is 3.84. The zero-order valence-corrected chi connectivity index (χ0v) is 18.6. The van der Waals surface area contributed by atoms with Crippen LogP contribution < -0.4 is 5.48 Å². The molecular weight excluding hydrogens is 386 g/mol. The standard InChI is InChI=1S/C26H33N3O2/c1-3-4-16-28(2)19-23-20-29(17-15-21-9-6-5-7-10-21)25-14-13-22(18-24(23)25)11-8-12-26(30)27-31/h5-11,13-14,18,20,31H,3-4,12,15-17,19H2,1-2H3,(H,27,30)/b11-8+. The van der Waals surface area contributed by atoms with Gasteiger partial charge in [-0.2, -0.15) is 0 Å². The van der Waals surface area contributed by atoms with E-state index in [0.29, 0.717) is 0 Å². The Morgan fingerprint density at radius 1 is 1.19 bits per heavy atom. The van der Waals surface area contributed by atoms with Gasteiger partial charge in [0.1, 0.15) is 0 Å². The Kier molecular flexibility index (Phi) is 8.44. The van der Waals surface area contributed by atoms with Crippen LogP contribution in [0.25, 0.3) is 17.0 Å². The SMILES string of the molecule is CCCCN(C)Cc1cn(CCc2ccccc2)c2ccc(/C=C/CC(=O)NO)cc12. The van der Waals surface area contributed by atoms with Crippen molar-refractivity contribution < 1.29 is 10.0 Å². The molecule has 31 heavy (non-hydrogen) atoms. The lowest BCUT2D eigenvalue weighted by molar-refractivity contribution is -0.128. The van der Waals surface area contributed by atoms with Crippen molar-refractivity contribution in [3.63, 3.8) is 0 Å². The second-order valence-electron chi connectivity index (χ2n) is 8.09. The van der Waals surface area contributed by atoms with E-state index >= 15 is 0 Å². The topological polar surface area (TPSA) is 57.5 Å². The number of aromatic nitrogens is 1. The fourth-order valence-electron chi connectivity index (χ4n) is 3.84. The zero-order chi connectivity index (χ0) is 22.1. The van der Waals surface area contributed by atoms with Crippen molar-refractivity contribution in [3.8, 4) is 0 Å². The molecule has 0 saturated carbocycles. The van der Waals surface area contributed by atoms with Crippen LogP contribution in [0, 0.1) is 0 Å². The summed E-state index contributed by atoms with van der Waals surface area (Å²) in [6.45, 7) is 5.15. The van der Waals surface area contributed by atoms with Gasteiger partial charge in [0, 0.05) is 36.6 Å². The van der Waals surface area contributed by atoms with E-state index in [0.717, 1.165) is 31.6 Å². The molecular formula is C26H33N3O2. The van der Waals surface area contributed by atoms with E-state index in [2.05, 4.69) is 78.2 Å². The van der Waals surface area contributed by atoms with Crippen LogP contribution in [-0.2, 0) is 24.3 Å². The summed E-state index contributed by atoms with van der Waals surface area (Å²) >= 11 is 0. The highest BCUT2D eigenvalue weighted by atomic mass is 16.5. The third kappa shape index (κ3) is 6.54. The number of carbonyl (C=O) groups is 1. The second kappa shape index (κ2) is 11.5. The molecule has 0 aliphatic rings. The summed E-state index contributed by atoms with van der Waals surface area (Å²) in [5.41, 5.74) is 6.61. The third-order valence-electron chi connectivity index (χ3n) is 5.54. The van der Waals surface area contributed by atoms with Crippen LogP contribution in [0.2, 0.25) is 0 Å². The zero-order valence-electron chi connectivity index (χ0n) is 18.6. The van der Waals surface area contributed by atoms with Crippen LogP contribution in [-0.4, -0.2) is 34.2 Å². The molecule has 5 nitrogen and oxygen atoms in total. The smallest absolute Gasteiger partial charge is 0.247 e. The van der Waals surface area contributed by atoms with Crippen LogP contribution in [0.1, 0.15) is 42.9 Å². The van der Waals surface area contributed by atoms with Crippen LogP contribution in [0.15, 0.2) is 60.8 Å². The second-order valence-corrected chi connectivity index (χ2v) is 8.09. The Morgan fingerprint density at radius 2 is 2.00 bits per heavy atom. The number of rotatable bonds is 11. The number of fused-ring (bicyclic) bond motifs is 1. The van der Waals surface area contributed by atoms with Gasteiger partial charge in [0.15, 0.2) is 0 Å². The van der Waals surface area contributed by atoms with E-state index < -0.39 is 5.91 Å². The van der Waals surface area contributed by atoms with E-state index in [-0.39, 0.29) is 6.42 Å². The first-order valence-electron chi connectivity index (χ1n) is 11.0. The molecule has 0 aliphatic heterocycles. The van der Waals surface area contributed by atoms with Crippen LogP contribution in [0.4, 0.5) is 0 Å². The number of nitrogens with zero attached hydrogens (tertiary/aromatic N) is 2. The molecule has 0 bridgehead atoms. The lowest BCUT2D eigenvalue weighted by Gasteiger charge is -2.15. The highest BCUT2D eigenvalue weighted by Crippen LogP contribution is 2.25. The molecule has 0 aliphatic carbocycles. The predicted octanol–water partition coefficient (Wildman–Crippen LogP) is 5.02. The summed E-state index contributed by atoms with van der Waals surface area (Å²) < 4.78 is 2.36. The maximum atomic E-state index is 11.2. The third-order valence-corrected chi connectivity index (χ3v) is 5.54. The lowest BCUT2D eigenvalue weighted by atomic mass is 10.1. The van der Waals surface area contributed by atoms with Crippen molar-refractivity contribution in [2.24, 2.45) is 0 Å². The quantitative estimate of drug-likeness (QED) is 0.339. The monoisotopic (exact) mass is 419 g/mol. The van der Waals surface area contributed by atoms with Gasteiger partial charge in [-0.15, -0.1) is 0 Å². The molecule has 1 amide bonds. The van der Waals surface area contributed by atoms with Gasteiger partial charge in [0.25, 0.3) is 0 Å². The fraction of sp³-hybridized carbons (Fsp3) is 0.346. The van der Waals surface area contributed by atoms with Gasteiger partial charge in [-0.25, -0.2) is 5.48 Å². The number of hydrogen-bond donors (Lipinski definition) is 2. The maximum Gasteiger partial charge on any atom is 0.247 e. The van der Waals surface area contributed by atoms with E-state index in [1.165, 1.54) is 34.9 Å². The molecule has 2 N–H and O–H groups in total. The number of carbonyl (C=O) groups excluding carboxylic acids is 1. The van der Waals surface area contributed by atoms with E-state index in [4.69, 9.17) is 5.21 Å². The van der Waals surface area contributed by atoms with E-state index in [1.807, 2.05) is 6.08 Å². The van der Waals surface area contributed by atoms with Crippen molar-refractivity contribution in [1.29, 1.82) is 0 Å². The van der Waals surface area contributed by atoms with Crippen molar-refractivity contribution in [3.05, 3.63) is 77.5 Å². The Labute approximate surface area is 184 Å². The number of amides is 1. The van der Waals surface area contributed by atoms with Gasteiger partial charge in [0.2, 0.25) is 5.91 Å². The lowest BCUT2D eigenvalue weighted by Crippen LogP contribution is -2.18. The summed E-state index contributed by atoms with van der Waals surface area (Å²) in [4.78, 5) is 13.6. The van der Waals surface area contributed by atoms with E-state index in [9.17, 15) is 4.79 Å². The molecule has 2 aromatic carbocycles. The molecule has 1 heterocycles. The Morgan fingerprint density at radius 3 is 2.74 bits per heavy atom. The molecule has 0 fully saturated rings. The minimum atomic E-state index is -0.414. The van der Waals surface area contributed by atoms with Crippen molar-refractivity contribution in [2.45, 2.75) is 45.7 Å². The first kappa shape index (κ1) is 22.8. The largest absolute Gasteiger partial charge is 0.347 e. The van der Waals surface area contributed by atoms with Gasteiger partial charge >= 0.3 is 0 Å². The molecule has 3 rings (SSSR count). The van der Waals surface area contributed by atoms with E-state index in [1.54, 1.807) is 11.6 Å². The Bertz CT molecular complexity index is 1010. The Hall–Kier alpha value is -2.89. The average molecular weight is 420 g/mol.